The molecule has 0 saturated heterocycles. The van der Waals surface area contributed by atoms with Crippen LogP contribution in [0.15, 0.2) is 0 Å². The van der Waals surface area contributed by atoms with Gasteiger partial charge in [-0.2, -0.15) is 0 Å². The smallest absolute Gasteiger partial charge is 0.302 e. The number of hydrogen-bond acceptors (Lipinski definition) is 5. The Morgan fingerprint density at radius 2 is 1.57 bits per heavy atom. The number of aliphatic hydroxyl groups is 2. The number of esters is 1. The van der Waals surface area contributed by atoms with Crippen LogP contribution in [0.25, 0.3) is 0 Å². The third kappa shape index (κ3) is 4.51. The van der Waals surface area contributed by atoms with Crippen LogP contribution in [0.4, 0.5) is 0 Å². The summed E-state index contributed by atoms with van der Waals surface area (Å²) in [5.74, 6) is 2.42. The number of rotatable bonds is 6. The topological polar surface area (TPSA) is 83.8 Å². The molecule has 4 aliphatic rings. The zero-order chi connectivity index (χ0) is 25.9. The predicted octanol–water partition coefficient (Wildman–Crippen LogP) is 5.41. The zero-order valence-corrected chi connectivity index (χ0v) is 23.1. The van der Waals surface area contributed by atoms with Crippen molar-refractivity contribution in [2.45, 2.75) is 118 Å². The molecule has 0 spiro atoms. The van der Waals surface area contributed by atoms with Crippen molar-refractivity contribution in [1.29, 1.82) is 0 Å². The van der Waals surface area contributed by atoms with Gasteiger partial charge in [-0.3, -0.25) is 9.59 Å². The van der Waals surface area contributed by atoms with Gasteiger partial charge in [-0.05, 0) is 97.2 Å². The molecule has 0 aromatic carbocycles. The lowest BCUT2D eigenvalue weighted by atomic mass is 9.44. The van der Waals surface area contributed by atoms with E-state index in [0.717, 1.165) is 38.5 Å². The van der Waals surface area contributed by atoms with E-state index in [2.05, 4.69) is 34.6 Å². The number of carbonyl (C=O) groups is 2. The van der Waals surface area contributed by atoms with Crippen molar-refractivity contribution in [2.24, 2.45) is 58.2 Å². The number of ether oxygens (including phenoxy) is 1. The summed E-state index contributed by atoms with van der Waals surface area (Å²) >= 11 is 0. The summed E-state index contributed by atoms with van der Waals surface area (Å²) in [6.07, 6.45) is 6.13. The molecule has 0 radical (unpaired) electrons. The minimum absolute atomic E-state index is 0.00405. The summed E-state index contributed by atoms with van der Waals surface area (Å²) in [6.45, 7) is 14.6. The highest BCUT2D eigenvalue weighted by Crippen LogP contribution is 2.68. The quantitative estimate of drug-likeness (QED) is 0.487. The molecule has 4 unspecified atom stereocenters. The number of ketones is 1. The molecule has 0 aromatic rings. The molecular weight excluding hydrogens is 440 g/mol. The summed E-state index contributed by atoms with van der Waals surface area (Å²) in [7, 11) is 0. The van der Waals surface area contributed by atoms with Crippen molar-refractivity contribution in [2.75, 3.05) is 0 Å². The highest BCUT2D eigenvalue weighted by atomic mass is 16.5. The molecule has 4 saturated carbocycles. The third-order valence-electron chi connectivity index (χ3n) is 11.9. The van der Waals surface area contributed by atoms with Gasteiger partial charge in [0.05, 0.1) is 12.2 Å². The molecule has 5 heteroatoms. The van der Waals surface area contributed by atoms with Crippen LogP contribution >= 0.6 is 0 Å². The maximum Gasteiger partial charge on any atom is 0.302 e. The van der Waals surface area contributed by atoms with E-state index in [1.165, 1.54) is 6.92 Å². The van der Waals surface area contributed by atoms with Gasteiger partial charge in [-0.25, -0.2) is 0 Å². The number of hydrogen-bond donors (Lipinski definition) is 2. The first-order valence-electron chi connectivity index (χ1n) is 14.4. The minimum atomic E-state index is -0.711. The first-order chi connectivity index (χ1) is 16.3. The third-order valence-corrected chi connectivity index (χ3v) is 11.9. The first-order valence-corrected chi connectivity index (χ1v) is 14.4. The standard InChI is InChI=1S/C30H50O5/c1-16(2)17(3)27(33)28(34)18(4)22-8-9-23-21-15-26(32)25-14-20(35-19(5)31)10-12-30(25,7)24(21)11-13-29(22,23)6/h16-18,20-25,27-28,33-34H,8-15H2,1-7H3/t17-,18-,20-,21?,22+,23?,24?,25?,27+,28+,29+,30+/m0/s1. The predicted molar refractivity (Wildman–Crippen MR) is 136 cm³/mol. The van der Waals surface area contributed by atoms with Gasteiger partial charge in [0.25, 0.3) is 0 Å². The summed E-state index contributed by atoms with van der Waals surface area (Å²) in [4.78, 5) is 25.1. The Balaban J connectivity index is 1.52. The van der Waals surface area contributed by atoms with E-state index in [0.29, 0.717) is 48.2 Å². The van der Waals surface area contributed by atoms with E-state index in [1.807, 2.05) is 6.92 Å². The highest BCUT2D eigenvalue weighted by molar-refractivity contribution is 5.83. The Morgan fingerprint density at radius 1 is 0.943 bits per heavy atom. The molecule has 0 aromatic heterocycles. The Bertz CT molecular complexity index is 809. The summed E-state index contributed by atoms with van der Waals surface area (Å²) in [5, 5.41) is 22.1. The maximum atomic E-state index is 13.6. The summed E-state index contributed by atoms with van der Waals surface area (Å²) < 4.78 is 5.53. The van der Waals surface area contributed by atoms with Crippen molar-refractivity contribution in [3.8, 4) is 0 Å². The Kier molecular flexibility index (Phi) is 7.54. The monoisotopic (exact) mass is 490 g/mol. The Hall–Kier alpha value is -0.940. The fraction of sp³-hybridized carbons (Fsp3) is 0.933. The molecule has 35 heavy (non-hydrogen) atoms. The lowest BCUT2D eigenvalue weighted by Gasteiger charge is -2.60. The first kappa shape index (κ1) is 27.1. The summed E-state index contributed by atoms with van der Waals surface area (Å²) in [5.41, 5.74) is 0.116. The molecule has 0 heterocycles. The van der Waals surface area contributed by atoms with Crippen molar-refractivity contribution in [1.82, 2.24) is 0 Å². The van der Waals surface area contributed by atoms with Gasteiger partial charge in [0, 0.05) is 19.3 Å². The van der Waals surface area contributed by atoms with Gasteiger partial charge in [-0.15, -0.1) is 0 Å². The Labute approximate surface area is 212 Å². The van der Waals surface area contributed by atoms with Gasteiger partial charge in [-0.1, -0.05) is 41.5 Å². The van der Waals surface area contributed by atoms with Gasteiger partial charge < -0.3 is 14.9 Å². The molecular formula is C30H50O5. The molecule has 2 N–H and O–H groups in total. The second kappa shape index (κ2) is 9.74. The van der Waals surface area contributed by atoms with E-state index < -0.39 is 12.2 Å². The number of aliphatic hydroxyl groups excluding tert-OH is 2. The largest absolute Gasteiger partial charge is 0.463 e. The molecule has 0 amide bonds. The van der Waals surface area contributed by atoms with Crippen LogP contribution in [0.1, 0.15) is 99.8 Å². The number of carbonyl (C=O) groups excluding carboxylic acids is 2. The van der Waals surface area contributed by atoms with E-state index in [9.17, 15) is 19.8 Å². The average Bonchev–Trinajstić information content (AvgIpc) is 3.15. The van der Waals surface area contributed by atoms with Gasteiger partial charge in [0.15, 0.2) is 0 Å². The second-order valence-electron chi connectivity index (χ2n) is 13.8. The Morgan fingerprint density at radius 3 is 2.20 bits per heavy atom. The van der Waals surface area contributed by atoms with Crippen molar-refractivity contribution in [3.05, 3.63) is 0 Å². The number of fused-ring (bicyclic) bond motifs is 5. The summed E-state index contributed by atoms with van der Waals surface area (Å²) in [6, 6.07) is 0. The van der Waals surface area contributed by atoms with Crippen LogP contribution in [0.5, 0.6) is 0 Å². The fourth-order valence-electron chi connectivity index (χ4n) is 9.51. The molecule has 4 fully saturated rings. The fourth-order valence-corrected chi connectivity index (χ4v) is 9.51. The van der Waals surface area contributed by atoms with Crippen LogP contribution < -0.4 is 0 Å². The molecule has 4 rings (SSSR count). The van der Waals surface area contributed by atoms with Crippen LogP contribution in [-0.2, 0) is 14.3 Å². The minimum Gasteiger partial charge on any atom is -0.463 e. The highest BCUT2D eigenvalue weighted by Gasteiger charge is 2.63. The van der Waals surface area contributed by atoms with Crippen LogP contribution in [-0.4, -0.2) is 40.3 Å². The average molecular weight is 491 g/mol. The van der Waals surface area contributed by atoms with Crippen LogP contribution in [0.3, 0.4) is 0 Å². The molecule has 200 valence electrons. The van der Waals surface area contributed by atoms with E-state index in [1.54, 1.807) is 0 Å². The molecule has 5 nitrogen and oxygen atoms in total. The van der Waals surface area contributed by atoms with E-state index in [4.69, 9.17) is 4.74 Å². The maximum absolute atomic E-state index is 13.6. The molecule has 12 atom stereocenters. The lowest BCUT2D eigenvalue weighted by molar-refractivity contribution is -0.170. The normalized spacial score (nSPS) is 44.6. The number of Topliss-reactive ketones (excluding diaryl/α,β-unsaturated/α-hetero) is 1. The van der Waals surface area contributed by atoms with Crippen molar-refractivity contribution >= 4 is 11.8 Å². The van der Waals surface area contributed by atoms with Crippen molar-refractivity contribution in [3.63, 3.8) is 0 Å². The lowest BCUT2D eigenvalue weighted by Crippen LogP contribution is -2.57. The second-order valence-corrected chi connectivity index (χ2v) is 13.8. The zero-order valence-electron chi connectivity index (χ0n) is 23.1. The van der Waals surface area contributed by atoms with Gasteiger partial charge in [0.1, 0.15) is 11.9 Å². The van der Waals surface area contributed by atoms with E-state index in [-0.39, 0.29) is 40.7 Å². The molecule has 0 aliphatic heterocycles. The SMILES string of the molecule is CC(=O)O[C@H]1CC[C@@]2(C)C(C1)C(=O)CC1C2CC[C@@]2(C)C1CC[C@@H]2[C@H](C)[C@@H](O)[C@H](O)[C@@H](C)C(C)C. The van der Waals surface area contributed by atoms with Gasteiger partial charge in [0.2, 0.25) is 0 Å². The van der Waals surface area contributed by atoms with Crippen molar-refractivity contribution < 1.29 is 24.5 Å². The van der Waals surface area contributed by atoms with Crippen LogP contribution in [0, 0.1) is 58.2 Å². The van der Waals surface area contributed by atoms with Crippen LogP contribution in [0.2, 0.25) is 0 Å². The molecule has 4 aliphatic carbocycles. The molecule has 0 bridgehead atoms. The van der Waals surface area contributed by atoms with E-state index >= 15 is 0 Å². The van der Waals surface area contributed by atoms with Gasteiger partial charge >= 0.3 is 5.97 Å².